The van der Waals surface area contributed by atoms with Gasteiger partial charge in [-0.3, -0.25) is 4.78 Å². The lowest BCUT2D eigenvalue weighted by molar-refractivity contribution is 0.626. The first-order valence-electron chi connectivity index (χ1n) is 4.63. The smallest absolute Gasteiger partial charge is 0.123 e. The molecule has 0 saturated carbocycles. The van der Waals surface area contributed by atoms with E-state index in [4.69, 9.17) is 4.78 Å². The van der Waals surface area contributed by atoms with Crippen LogP contribution >= 0.6 is 0 Å². The fraction of sp³-hybridized carbons (Fsp3) is 0. The van der Waals surface area contributed by atoms with Crippen molar-refractivity contribution in [3.63, 3.8) is 0 Å². The van der Waals surface area contributed by atoms with Gasteiger partial charge in [0.05, 0.1) is 0 Å². The minimum Gasteiger partial charge on any atom is -0.271 e. The summed E-state index contributed by atoms with van der Waals surface area (Å²) < 4.78 is 33.4. The Hall–Kier alpha value is -1.55. The van der Waals surface area contributed by atoms with Crippen LogP contribution in [0.3, 0.4) is 0 Å². The molecule has 0 fully saturated rings. The quantitative estimate of drug-likeness (QED) is 0.822. The van der Waals surface area contributed by atoms with Crippen molar-refractivity contribution < 1.29 is 8.78 Å². The monoisotopic (exact) mass is 237 g/mol. The molecule has 0 aliphatic heterocycles. The predicted octanol–water partition coefficient (Wildman–Crippen LogP) is 3.76. The van der Waals surface area contributed by atoms with E-state index in [-0.39, 0.29) is 11.6 Å². The largest absolute Gasteiger partial charge is 0.271 e. The zero-order valence-electron chi connectivity index (χ0n) is 8.28. The Kier molecular flexibility index (Phi) is 3.10. The van der Waals surface area contributed by atoms with Crippen LogP contribution < -0.4 is 0 Å². The van der Waals surface area contributed by atoms with Crippen molar-refractivity contribution in [3.05, 3.63) is 60.2 Å². The van der Waals surface area contributed by atoms with Crippen LogP contribution in [0.25, 0.3) is 0 Å². The van der Waals surface area contributed by atoms with E-state index < -0.39 is 10.7 Å². The standard InChI is InChI=1S/C12H9F2NS/c13-9-1-5-11(6-2-9)16(15)12-7-3-10(14)4-8-12/h1-8,15H. The normalized spacial score (nSPS) is 10.7. The van der Waals surface area contributed by atoms with Crippen LogP contribution in [0.4, 0.5) is 8.78 Å². The number of benzene rings is 2. The molecule has 0 atom stereocenters. The van der Waals surface area contributed by atoms with Crippen LogP contribution in [0.15, 0.2) is 58.3 Å². The molecular formula is C12H9F2NS. The summed E-state index contributed by atoms with van der Waals surface area (Å²) in [7, 11) is -0.897. The molecule has 0 aliphatic carbocycles. The number of halogens is 2. The topological polar surface area (TPSA) is 23.9 Å². The summed E-state index contributed by atoms with van der Waals surface area (Å²) >= 11 is 0. The maximum atomic E-state index is 12.7. The highest BCUT2D eigenvalue weighted by Crippen LogP contribution is 2.17. The van der Waals surface area contributed by atoms with Crippen molar-refractivity contribution in [2.75, 3.05) is 0 Å². The first kappa shape index (κ1) is 11.0. The van der Waals surface area contributed by atoms with Crippen molar-refractivity contribution in [1.29, 1.82) is 4.78 Å². The molecular weight excluding hydrogens is 228 g/mol. The van der Waals surface area contributed by atoms with Crippen LogP contribution in [0.2, 0.25) is 0 Å². The molecule has 0 radical (unpaired) electrons. The first-order valence-corrected chi connectivity index (χ1v) is 5.86. The zero-order valence-corrected chi connectivity index (χ0v) is 9.10. The lowest BCUT2D eigenvalue weighted by Crippen LogP contribution is -1.91. The van der Waals surface area contributed by atoms with E-state index in [9.17, 15) is 8.78 Å². The molecule has 0 saturated heterocycles. The van der Waals surface area contributed by atoms with E-state index in [0.717, 1.165) is 0 Å². The van der Waals surface area contributed by atoms with Gasteiger partial charge < -0.3 is 0 Å². The second-order valence-corrected chi connectivity index (χ2v) is 4.77. The summed E-state index contributed by atoms with van der Waals surface area (Å²) in [6.45, 7) is 0. The number of rotatable bonds is 2. The molecule has 0 aliphatic rings. The Morgan fingerprint density at radius 1 is 0.688 bits per heavy atom. The average molecular weight is 237 g/mol. The van der Waals surface area contributed by atoms with Crippen LogP contribution in [0.1, 0.15) is 0 Å². The molecule has 0 amide bonds. The van der Waals surface area contributed by atoms with E-state index in [1.165, 1.54) is 24.3 Å². The molecule has 82 valence electrons. The molecule has 2 rings (SSSR count). The highest BCUT2D eigenvalue weighted by Gasteiger charge is 2.03. The van der Waals surface area contributed by atoms with Crippen molar-refractivity contribution in [2.24, 2.45) is 0 Å². The van der Waals surface area contributed by atoms with Gasteiger partial charge >= 0.3 is 0 Å². The van der Waals surface area contributed by atoms with Gasteiger partial charge in [0, 0.05) is 9.79 Å². The Labute approximate surface area is 94.6 Å². The summed E-state index contributed by atoms with van der Waals surface area (Å²) in [6.07, 6.45) is 0. The lowest BCUT2D eigenvalue weighted by atomic mass is 10.3. The van der Waals surface area contributed by atoms with Gasteiger partial charge in [0.1, 0.15) is 11.6 Å². The molecule has 0 bridgehead atoms. The highest BCUT2D eigenvalue weighted by molar-refractivity contribution is 7.86. The summed E-state index contributed by atoms with van der Waals surface area (Å²) in [5.74, 6) is -0.639. The van der Waals surface area contributed by atoms with Crippen LogP contribution in [0.5, 0.6) is 0 Å². The third-order valence-corrected chi connectivity index (χ3v) is 3.59. The minimum atomic E-state index is -0.897. The Balaban J connectivity index is 2.32. The van der Waals surface area contributed by atoms with Crippen LogP contribution in [-0.4, -0.2) is 0 Å². The summed E-state index contributed by atoms with van der Waals surface area (Å²) in [4.78, 5) is 1.43. The number of hydrogen-bond donors (Lipinski definition) is 1. The molecule has 0 spiro atoms. The van der Waals surface area contributed by atoms with Gasteiger partial charge in [-0.1, -0.05) is 0 Å². The van der Waals surface area contributed by atoms with Crippen LogP contribution in [0, 0.1) is 16.4 Å². The van der Waals surface area contributed by atoms with Gasteiger partial charge in [0.25, 0.3) is 0 Å². The number of nitrogens with one attached hydrogen (secondary N) is 1. The van der Waals surface area contributed by atoms with Gasteiger partial charge in [-0.05, 0) is 59.2 Å². The fourth-order valence-corrected chi connectivity index (χ4v) is 2.37. The van der Waals surface area contributed by atoms with Gasteiger partial charge in [0.2, 0.25) is 0 Å². The SMILES string of the molecule is N=S(c1ccc(F)cc1)c1ccc(F)cc1. The number of hydrogen-bond acceptors (Lipinski definition) is 1. The van der Waals surface area contributed by atoms with Crippen LogP contribution in [-0.2, 0) is 10.7 Å². The maximum Gasteiger partial charge on any atom is 0.123 e. The van der Waals surface area contributed by atoms with Crippen molar-refractivity contribution in [3.8, 4) is 0 Å². The second kappa shape index (κ2) is 4.53. The predicted molar refractivity (Wildman–Crippen MR) is 59.4 cm³/mol. The van der Waals surface area contributed by atoms with Crippen molar-refractivity contribution in [2.45, 2.75) is 9.79 Å². The summed E-state index contributed by atoms with van der Waals surface area (Å²) in [5, 5.41) is 0. The Morgan fingerprint density at radius 3 is 1.31 bits per heavy atom. The van der Waals surface area contributed by atoms with Crippen molar-refractivity contribution >= 4 is 10.7 Å². The zero-order chi connectivity index (χ0) is 11.5. The van der Waals surface area contributed by atoms with E-state index in [1.807, 2.05) is 0 Å². The van der Waals surface area contributed by atoms with Gasteiger partial charge in [-0.2, -0.15) is 0 Å². The van der Waals surface area contributed by atoms with E-state index >= 15 is 0 Å². The van der Waals surface area contributed by atoms with Gasteiger partial charge in [0.15, 0.2) is 0 Å². The third-order valence-electron chi connectivity index (χ3n) is 2.10. The van der Waals surface area contributed by atoms with Gasteiger partial charge in [-0.25, -0.2) is 8.78 Å². The molecule has 2 aromatic rings. The molecule has 1 nitrogen and oxygen atoms in total. The second-order valence-electron chi connectivity index (χ2n) is 3.21. The molecule has 0 heterocycles. The summed E-state index contributed by atoms with van der Waals surface area (Å²) in [5.41, 5.74) is 0. The highest BCUT2D eigenvalue weighted by atomic mass is 32.2. The van der Waals surface area contributed by atoms with Crippen molar-refractivity contribution in [1.82, 2.24) is 0 Å². The van der Waals surface area contributed by atoms with Gasteiger partial charge in [-0.15, -0.1) is 0 Å². The van der Waals surface area contributed by atoms with E-state index in [0.29, 0.717) is 9.79 Å². The first-order chi connectivity index (χ1) is 7.66. The Morgan fingerprint density at radius 2 is 1.00 bits per heavy atom. The maximum absolute atomic E-state index is 12.7. The molecule has 0 unspecified atom stereocenters. The molecule has 0 aromatic heterocycles. The summed E-state index contributed by atoms with van der Waals surface area (Å²) in [6, 6.07) is 11.6. The molecule has 4 heteroatoms. The third kappa shape index (κ3) is 2.33. The average Bonchev–Trinajstić information content (AvgIpc) is 2.30. The molecule has 16 heavy (non-hydrogen) atoms. The molecule has 1 N–H and O–H groups in total. The Bertz CT molecular complexity index is 458. The fourth-order valence-electron chi connectivity index (χ4n) is 1.28. The van der Waals surface area contributed by atoms with E-state index in [2.05, 4.69) is 0 Å². The van der Waals surface area contributed by atoms with E-state index in [1.54, 1.807) is 24.3 Å². The lowest BCUT2D eigenvalue weighted by Gasteiger charge is -2.05. The molecule has 2 aromatic carbocycles. The minimum absolute atomic E-state index is 0.320.